The molecule has 1 saturated carbocycles. The summed E-state index contributed by atoms with van der Waals surface area (Å²) in [6, 6.07) is 2.38. The first-order valence-electron chi connectivity index (χ1n) is 7.86. The van der Waals surface area contributed by atoms with Gasteiger partial charge in [-0.3, -0.25) is 0 Å². The summed E-state index contributed by atoms with van der Waals surface area (Å²) in [5.74, 6) is 0.381. The Bertz CT molecular complexity index is 542. The number of hydrogen-bond acceptors (Lipinski definition) is 4. The predicted octanol–water partition coefficient (Wildman–Crippen LogP) is 4.10. The second-order valence-electron chi connectivity index (χ2n) is 5.81. The topological polar surface area (TPSA) is 50.4 Å². The quantitative estimate of drug-likeness (QED) is 0.638. The fraction of sp³-hybridized carbons (Fsp3) is 0.625. The number of carbonyl (C=O) groups excluding carboxylic acids is 1. The van der Waals surface area contributed by atoms with Crippen LogP contribution >= 0.6 is 23.6 Å². The van der Waals surface area contributed by atoms with Crippen LogP contribution in [0.15, 0.2) is 6.07 Å². The molecule has 1 aromatic rings. The summed E-state index contributed by atoms with van der Waals surface area (Å²) < 4.78 is 5.06. The van der Waals surface area contributed by atoms with Crippen molar-refractivity contribution in [2.45, 2.75) is 52.5 Å². The summed E-state index contributed by atoms with van der Waals surface area (Å²) in [7, 11) is 0. The fourth-order valence-electron chi connectivity index (χ4n) is 2.79. The third-order valence-electron chi connectivity index (χ3n) is 4.04. The third-order valence-corrected chi connectivity index (χ3v) is 5.40. The van der Waals surface area contributed by atoms with Gasteiger partial charge < -0.3 is 15.4 Å². The molecule has 1 aliphatic carbocycles. The Kier molecular flexibility index (Phi) is 6.20. The van der Waals surface area contributed by atoms with Crippen LogP contribution in [0.5, 0.6) is 0 Å². The molecule has 0 aliphatic heterocycles. The van der Waals surface area contributed by atoms with Gasteiger partial charge in [-0.05, 0) is 56.5 Å². The Labute approximate surface area is 141 Å². The van der Waals surface area contributed by atoms with Gasteiger partial charge in [-0.1, -0.05) is 19.8 Å². The molecule has 0 radical (unpaired) electrons. The lowest BCUT2D eigenvalue weighted by molar-refractivity contribution is 0.0531. The van der Waals surface area contributed by atoms with Gasteiger partial charge in [0.2, 0.25) is 0 Å². The molecule has 4 nitrogen and oxygen atoms in total. The number of thiocarbonyl (C=S) groups is 1. The SMILES string of the molecule is CCOC(=O)c1sc(NC(=S)N[C@H]2CCCC[C@@H]2C)cc1C. The van der Waals surface area contributed by atoms with Crippen molar-refractivity contribution in [2.24, 2.45) is 5.92 Å². The maximum Gasteiger partial charge on any atom is 0.348 e. The van der Waals surface area contributed by atoms with Gasteiger partial charge in [0.05, 0.1) is 11.6 Å². The largest absolute Gasteiger partial charge is 0.462 e. The number of carbonyl (C=O) groups is 1. The fourth-order valence-corrected chi connectivity index (χ4v) is 4.09. The molecule has 2 rings (SSSR count). The van der Waals surface area contributed by atoms with Crippen LogP contribution in [0.3, 0.4) is 0 Å². The predicted molar refractivity (Wildman–Crippen MR) is 95.8 cm³/mol. The molecule has 1 aliphatic rings. The van der Waals surface area contributed by atoms with E-state index in [9.17, 15) is 4.79 Å². The van der Waals surface area contributed by atoms with Crippen LogP contribution in [-0.4, -0.2) is 23.7 Å². The molecule has 0 spiro atoms. The zero-order valence-corrected chi connectivity index (χ0v) is 15.0. The van der Waals surface area contributed by atoms with Crippen molar-refractivity contribution in [1.29, 1.82) is 0 Å². The van der Waals surface area contributed by atoms with Crippen molar-refractivity contribution in [2.75, 3.05) is 11.9 Å². The maximum atomic E-state index is 11.8. The van der Waals surface area contributed by atoms with E-state index in [0.29, 0.717) is 28.6 Å². The number of nitrogens with one attached hydrogen (secondary N) is 2. The van der Waals surface area contributed by atoms with E-state index in [0.717, 1.165) is 10.6 Å². The Balaban J connectivity index is 1.94. The summed E-state index contributed by atoms with van der Waals surface area (Å²) in [6.45, 7) is 6.38. The van der Waals surface area contributed by atoms with E-state index < -0.39 is 0 Å². The number of thiophene rings is 1. The Hall–Kier alpha value is -1.14. The van der Waals surface area contributed by atoms with E-state index in [1.807, 2.05) is 19.9 Å². The molecule has 1 heterocycles. The molecule has 1 aromatic heterocycles. The lowest BCUT2D eigenvalue weighted by Gasteiger charge is -2.30. The van der Waals surface area contributed by atoms with E-state index in [1.165, 1.54) is 37.0 Å². The molecule has 6 heteroatoms. The molecular formula is C16H24N2O2S2. The number of anilines is 1. The van der Waals surface area contributed by atoms with Crippen molar-refractivity contribution in [3.8, 4) is 0 Å². The van der Waals surface area contributed by atoms with E-state index in [1.54, 1.807) is 0 Å². The Morgan fingerprint density at radius 3 is 2.86 bits per heavy atom. The first-order valence-corrected chi connectivity index (χ1v) is 9.08. The zero-order valence-electron chi connectivity index (χ0n) is 13.4. The van der Waals surface area contributed by atoms with Crippen molar-refractivity contribution in [3.63, 3.8) is 0 Å². The highest BCUT2D eigenvalue weighted by atomic mass is 32.1. The molecule has 122 valence electrons. The second kappa shape index (κ2) is 7.92. The van der Waals surface area contributed by atoms with Gasteiger partial charge in [-0.15, -0.1) is 11.3 Å². The molecule has 0 saturated heterocycles. The first-order chi connectivity index (χ1) is 10.5. The van der Waals surface area contributed by atoms with E-state index >= 15 is 0 Å². The van der Waals surface area contributed by atoms with Crippen LogP contribution in [0.1, 0.15) is 54.8 Å². The summed E-state index contributed by atoms with van der Waals surface area (Å²) in [4.78, 5) is 12.5. The van der Waals surface area contributed by atoms with Gasteiger partial charge in [0.25, 0.3) is 0 Å². The van der Waals surface area contributed by atoms with Crippen molar-refractivity contribution >= 4 is 39.6 Å². The minimum atomic E-state index is -0.266. The van der Waals surface area contributed by atoms with Gasteiger partial charge in [0.1, 0.15) is 4.88 Å². The first kappa shape index (κ1) is 17.2. The highest BCUT2D eigenvalue weighted by Gasteiger charge is 2.22. The van der Waals surface area contributed by atoms with Crippen molar-refractivity contribution < 1.29 is 9.53 Å². The van der Waals surface area contributed by atoms with Gasteiger partial charge in [-0.2, -0.15) is 0 Å². The van der Waals surface area contributed by atoms with Gasteiger partial charge in [0.15, 0.2) is 5.11 Å². The standard InChI is InChI=1S/C16H24N2O2S2/c1-4-20-15(19)14-11(3)9-13(22-14)18-16(21)17-12-8-6-5-7-10(12)2/h9-10,12H,4-8H2,1-3H3,(H2,17,18,21)/t10-,12-/m0/s1. The van der Waals surface area contributed by atoms with Crippen LogP contribution in [0.4, 0.5) is 5.00 Å². The normalized spacial score (nSPS) is 21.2. The Morgan fingerprint density at radius 1 is 1.45 bits per heavy atom. The number of ether oxygens (including phenoxy) is 1. The summed E-state index contributed by atoms with van der Waals surface area (Å²) in [6.07, 6.45) is 4.99. The van der Waals surface area contributed by atoms with Crippen LogP contribution in [0.25, 0.3) is 0 Å². The molecule has 1 fully saturated rings. The number of aryl methyl sites for hydroxylation is 1. The lowest BCUT2D eigenvalue weighted by atomic mass is 9.86. The van der Waals surface area contributed by atoms with Gasteiger partial charge >= 0.3 is 5.97 Å². The van der Waals surface area contributed by atoms with Gasteiger partial charge in [-0.25, -0.2) is 4.79 Å². The van der Waals surface area contributed by atoms with Crippen molar-refractivity contribution in [1.82, 2.24) is 5.32 Å². The molecule has 0 bridgehead atoms. The molecular weight excluding hydrogens is 316 g/mol. The van der Waals surface area contributed by atoms with Crippen LogP contribution in [-0.2, 0) is 4.74 Å². The highest BCUT2D eigenvalue weighted by molar-refractivity contribution is 7.80. The molecule has 22 heavy (non-hydrogen) atoms. The smallest absolute Gasteiger partial charge is 0.348 e. The summed E-state index contributed by atoms with van der Waals surface area (Å²) >= 11 is 6.79. The summed E-state index contributed by atoms with van der Waals surface area (Å²) in [5.41, 5.74) is 0.916. The Morgan fingerprint density at radius 2 is 2.18 bits per heavy atom. The average Bonchev–Trinajstić information content (AvgIpc) is 2.82. The summed E-state index contributed by atoms with van der Waals surface area (Å²) in [5, 5.41) is 8.12. The monoisotopic (exact) mass is 340 g/mol. The lowest BCUT2D eigenvalue weighted by Crippen LogP contribution is -2.42. The van der Waals surface area contributed by atoms with E-state index in [4.69, 9.17) is 17.0 Å². The molecule has 0 amide bonds. The molecule has 0 aromatic carbocycles. The second-order valence-corrected chi connectivity index (χ2v) is 7.27. The minimum Gasteiger partial charge on any atom is -0.462 e. The van der Waals surface area contributed by atoms with Crippen LogP contribution < -0.4 is 10.6 Å². The van der Waals surface area contributed by atoms with Crippen molar-refractivity contribution in [3.05, 3.63) is 16.5 Å². The number of esters is 1. The zero-order chi connectivity index (χ0) is 16.1. The van der Waals surface area contributed by atoms with Gasteiger partial charge in [0, 0.05) is 6.04 Å². The minimum absolute atomic E-state index is 0.266. The number of hydrogen-bond donors (Lipinski definition) is 2. The highest BCUT2D eigenvalue weighted by Crippen LogP contribution is 2.28. The third kappa shape index (κ3) is 4.43. The van der Waals surface area contributed by atoms with E-state index in [-0.39, 0.29) is 5.97 Å². The number of rotatable bonds is 4. The maximum absolute atomic E-state index is 11.8. The van der Waals surface area contributed by atoms with E-state index in [2.05, 4.69) is 17.6 Å². The molecule has 0 unspecified atom stereocenters. The molecule has 2 atom stereocenters. The van der Waals surface area contributed by atoms with Crippen LogP contribution in [0, 0.1) is 12.8 Å². The van der Waals surface area contributed by atoms with Crippen LogP contribution in [0.2, 0.25) is 0 Å². The molecule has 2 N–H and O–H groups in total. The average molecular weight is 341 g/mol.